The molecule has 9 heteroatoms. The van der Waals surface area contributed by atoms with Crippen molar-refractivity contribution in [2.24, 2.45) is 5.92 Å². The van der Waals surface area contributed by atoms with Crippen LogP contribution in [0.4, 0.5) is 30.7 Å². The lowest BCUT2D eigenvalue weighted by Gasteiger charge is -2.31. The molecule has 1 atom stereocenters. The van der Waals surface area contributed by atoms with Crippen molar-refractivity contribution in [1.29, 1.82) is 0 Å². The fourth-order valence-electron chi connectivity index (χ4n) is 1.82. The summed E-state index contributed by atoms with van der Waals surface area (Å²) in [5.74, 6) is -4.85. The summed E-state index contributed by atoms with van der Waals surface area (Å²) in [5, 5.41) is 1.90. The molecule has 0 heterocycles. The van der Waals surface area contributed by atoms with Crippen molar-refractivity contribution in [3.63, 3.8) is 0 Å². The highest BCUT2D eigenvalue weighted by atomic mass is 79.9. The van der Waals surface area contributed by atoms with Crippen LogP contribution in [0.3, 0.4) is 0 Å². The molecular weight excluding hydrogens is 359 g/mol. The summed E-state index contributed by atoms with van der Waals surface area (Å²) in [6.45, 7) is 0. The molecule has 0 radical (unpaired) electrons. The number of alkyl halides is 6. The minimum Gasteiger partial charge on any atom is -0.312 e. The van der Waals surface area contributed by atoms with E-state index in [0.717, 1.165) is 19.2 Å². The maximum absolute atomic E-state index is 13.5. The van der Waals surface area contributed by atoms with Crippen molar-refractivity contribution < 1.29 is 30.7 Å². The van der Waals surface area contributed by atoms with Gasteiger partial charge in [0.2, 0.25) is 0 Å². The summed E-state index contributed by atoms with van der Waals surface area (Å²) in [6, 6.07) is 0.600. The Morgan fingerprint density at radius 2 is 1.55 bits per heavy atom. The summed E-state index contributed by atoms with van der Waals surface area (Å²) in [4.78, 5) is 0. The Balaban J connectivity index is 3.38. The van der Waals surface area contributed by atoms with Gasteiger partial charge in [0.25, 0.3) is 0 Å². The Morgan fingerprint density at radius 3 is 1.95 bits per heavy atom. The second-order valence-corrected chi connectivity index (χ2v) is 4.91. The summed E-state index contributed by atoms with van der Waals surface area (Å²) in [5.41, 5.74) is -0.707. The van der Waals surface area contributed by atoms with Crippen molar-refractivity contribution in [3.05, 3.63) is 34.1 Å². The van der Waals surface area contributed by atoms with Crippen LogP contribution < -0.4 is 5.32 Å². The van der Waals surface area contributed by atoms with E-state index >= 15 is 0 Å². The predicted octanol–water partition coefficient (Wildman–Crippen LogP) is 4.59. The Hall–Kier alpha value is -0.830. The van der Waals surface area contributed by atoms with Gasteiger partial charge in [-0.15, -0.1) is 0 Å². The molecule has 1 N–H and O–H groups in total. The molecule has 0 fully saturated rings. The second kappa shape index (κ2) is 5.88. The van der Waals surface area contributed by atoms with Crippen LogP contribution in [-0.2, 0) is 0 Å². The summed E-state index contributed by atoms with van der Waals surface area (Å²) >= 11 is 2.89. The molecule has 0 bridgehead atoms. The first-order chi connectivity index (χ1) is 8.98. The first kappa shape index (κ1) is 17.2. The fourth-order valence-corrected chi connectivity index (χ4v) is 2.20. The van der Waals surface area contributed by atoms with Gasteiger partial charge >= 0.3 is 12.4 Å². The van der Waals surface area contributed by atoms with Crippen molar-refractivity contribution in [3.8, 4) is 0 Å². The van der Waals surface area contributed by atoms with Gasteiger partial charge in [0.15, 0.2) is 5.92 Å². The number of rotatable bonds is 3. The van der Waals surface area contributed by atoms with Crippen LogP contribution in [0.5, 0.6) is 0 Å². The smallest absolute Gasteiger partial charge is 0.312 e. The maximum atomic E-state index is 13.5. The van der Waals surface area contributed by atoms with Gasteiger partial charge in [-0.2, -0.15) is 26.3 Å². The van der Waals surface area contributed by atoms with Crippen LogP contribution in [0.2, 0.25) is 0 Å². The molecule has 0 aromatic heterocycles. The van der Waals surface area contributed by atoms with Crippen LogP contribution in [0.15, 0.2) is 22.7 Å². The van der Waals surface area contributed by atoms with Gasteiger partial charge in [-0.3, -0.25) is 0 Å². The van der Waals surface area contributed by atoms with Gasteiger partial charge in [0.05, 0.1) is 6.04 Å². The third-order valence-electron chi connectivity index (χ3n) is 2.64. The zero-order valence-electron chi connectivity index (χ0n) is 9.91. The van der Waals surface area contributed by atoms with Crippen molar-refractivity contribution in [2.45, 2.75) is 18.4 Å². The molecule has 0 spiro atoms. The van der Waals surface area contributed by atoms with Crippen LogP contribution in [0.25, 0.3) is 0 Å². The van der Waals surface area contributed by atoms with E-state index in [1.165, 1.54) is 6.07 Å². The van der Waals surface area contributed by atoms with Gasteiger partial charge in [0, 0.05) is 10.0 Å². The van der Waals surface area contributed by atoms with Gasteiger partial charge < -0.3 is 5.32 Å². The zero-order chi connectivity index (χ0) is 15.7. The first-order valence-corrected chi connectivity index (χ1v) is 6.03. The number of hydrogen-bond acceptors (Lipinski definition) is 1. The van der Waals surface area contributed by atoms with Crippen LogP contribution >= 0.6 is 15.9 Å². The standard InChI is InChI=1S/C11H9BrF7N/c1-20-8(6-4-5(12)2-3-7(6)13)9(10(14,15)16)11(17,18)19/h2-4,8-9,20H,1H3. The molecule has 1 aromatic rings. The van der Waals surface area contributed by atoms with Gasteiger partial charge in [0.1, 0.15) is 5.82 Å². The Morgan fingerprint density at radius 1 is 1.05 bits per heavy atom. The lowest BCUT2D eigenvalue weighted by molar-refractivity contribution is -0.292. The molecule has 0 saturated carbocycles. The lowest BCUT2D eigenvalue weighted by atomic mass is 9.91. The average molecular weight is 368 g/mol. The molecule has 1 rings (SSSR count). The third kappa shape index (κ3) is 3.85. The zero-order valence-corrected chi connectivity index (χ0v) is 11.5. The first-order valence-electron chi connectivity index (χ1n) is 5.24. The minimum absolute atomic E-state index is 0.178. The molecular formula is C11H9BrF7N. The predicted molar refractivity (Wildman–Crippen MR) is 61.5 cm³/mol. The van der Waals surface area contributed by atoms with Gasteiger partial charge in [-0.05, 0) is 25.2 Å². The number of benzene rings is 1. The summed E-state index contributed by atoms with van der Waals surface area (Å²) in [7, 11) is 0.912. The molecule has 20 heavy (non-hydrogen) atoms. The van der Waals surface area contributed by atoms with E-state index in [-0.39, 0.29) is 4.47 Å². The third-order valence-corrected chi connectivity index (χ3v) is 3.14. The minimum atomic E-state index is -5.55. The normalized spacial score (nSPS) is 14.7. The van der Waals surface area contributed by atoms with E-state index in [2.05, 4.69) is 15.9 Å². The SMILES string of the molecule is CNC(c1cc(Br)ccc1F)C(C(F)(F)F)C(F)(F)F. The van der Waals surface area contributed by atoms with Crippen LogP contribution in [-0.4, -0.2) is 19.4 Å². The molecule has 0 aliphatic carbocycles. The van der Waals surface area contributed by atoms with E-state index in [9.17, 15) is 30.7 Å². The quantitative estimate of drug-likeness (QED) is 0.770. The molecule has 0 aliphatic heterocycles. The van der Waals surface area contributed by atoms with Crippen LogP contribution in [0, 0.1) is 11.7 Å². The molecule has 0 aliphatic rings. The average Bonchev–Trinajstić information content (AvgIpc) is 2.25. The Bertz CT molecular complexity index is 455. The van der Waals surface area contributed by atoms with E-state index in [0.29, 0.717) is 0 Å². The Labute approximate surface area is 118 Å². The number of hydrogen-bond donors (Lipinski definition) is 1. The molecule has 1 unspecified atom stereocenters. The Kier molecular flexibility index (Phi) is 5.07. The van der Waals surface area contributed by atoms with E-state index in [4.69, 9.17) is 0 Å². The van der Waals surface area contributed by atoms with Crippen molar-refractivity contribution in [2.75, 3.05) is 7.05 Å². The maximum Gasteiger partial charge on any atom is 0.402 e. The highest BCUT2D eigenvalue weighted by Gasteiger charge is 2.60. The number of halogens is 8. The molecule has 114 valence electrons. The second-order valence-electron chi connectivity index (χ2n) is 3.99. The molecule has 1 aromatic carbocycles. The number of nitrogens with one attached hydrogen (secondary N) is 1. The van der Waals surface area contributed by atoms with Crippen molar-refractivity contribution in [1.82, 2.24) is 5.32 Å². The van der Waals surface area contributed by atoms with Crippen LogP contribution in [0.1, 0.15) is 11.6 Å². The van der Waals surface area contributed by atoms with E-state index in [1.54, 1.807) is 0 Å². The monoisotopic (exact) mass is 367 g/mol. The van der Waals surface area contributed by atoms with Gasteiger partial charge in [-0.1, -0.05) is 15.9 Å². The summed E-state index contributed by atoms with van der Waals surface area (Å²) in [6.07, 6.45) is -11.1. The lowest BCUT2D eigenvalue weighted by Crippen LogP contribution is -2.45. The van der Waals surface area contributed by atoms with Crippen molar-refractivity contribution >= 4 is 15.9 Å². The van der Waals surface area contributed by atoms with E-state index < -0.39 is 35.7 Å². The molecule has 1 nitrogen and oxygen atoms in total. The highest BCUT2D eigenvalue weighted by molar-refractivity contribution is 9.10. The molecule has 0 saturated heterocycles. The van der Waals surface area contributed by atoms with E-state index in [1.807, 2.05) is 5.32 Å². The van der Waals surface area contributed by atoms with Gasteiger partial charge in [-0.25, -0.2) is 4.39 Å². The topological polar surface area (TPSA) is 12.0 Å². The highest BCUT2D eigenvalue weighted by Crippen LogP contribution is 2.46. The summed E-state index contributed by atoms with van der Waals surface area (Å²) < 4.78 is 89.8. The fraction of sp³-hybridized carbons (Fsp3) is 0.455. The molecule has 0 amide bonds. The largest absolute Gasteiger partial charge is 0.402 e.